The summed E-state index contributed by atoms with van der Waals surface area (Å²) in [5.74, 6) is -1.99. The number of aromatic nitrogens is 1. The average Bonchev–Trinajstić information content (AvgIpc) is 3.21. The van der Waals surface area contributed by atoms with Crippen LogP contribution in [-0.4, -0.2) is 28.1 Å². The van der Waals surface area contributed by atoms with Gasteiger partial charge in [-0.25, -0.2) is 8.78 Å². The number of amides is 2. The van der Waals surface area contributed by atoms with E-state index in [-0.39, 0.29) is 11.4 Å². The van der Waals surface area contributed by atoms with Gasteiger partial charge in [-0.2, -0.15) is 0 Å². The SMILES string of the molecule is CCCC(NC(=O)C(O)c1cc(F)cc(F)c1)C(=O)Nc1cc(C2CCCCC2)on1. The fourth-order valence-corrected chi connectivity index (χ4v) is 3.83. The molecule has 1 aromatic heterocycles. The van der Waals surface area contributed by atoms with Gasteiger partial charge in [0.05, 0.1) is 0 Å². The lowest BCUT2D eigenvalue weighted by Gasteiger charge is -2.19. The quantitative estimate of drug-likeness (QED) is 0.582. The Hall–Kier alpha value is -2.81. The molecule has 31 heavy (non-hydrogen) atoms. The summed E-state index contributed by atoms with van der Waals surface area (Å²) >= 11 is 0. The van der Waals surface area contributed by atoms with E-state index in [0.717, 1.165) is 43.6 Å². The number of hydrogen-bond acceptors (Lipinski definition) is 5. The number of anilines is 1. The lowest BCUT2D eigenvalue weighted by Crippen LogP contribution is -2.45. The van der Waals surface area contributed by atoms with Gasteiger partial charge in [-0.1, -0.05) is 37.8 Å². The summed E-state index contributed by atoms with van der Waals surface area (Å²) in [4.78, 5) is 25.1. The molecule has 168 valence electrons. The Bertz CT molecular complexity index is 892. The summed E-state index contributed by atoms with van der Waals surface area (Å²) < 4.78 is 32.1. The van der Waals surface area contributed by atoms with Gasteiger partial charge in [-0.05, 0) is 37.0 Å². The first kappa shape index (κ1) is 22.9. The molecule has 3 N–H and O–H groups in total. The maximum atomic E-state index is 13.4. The van der Waals surface area contributed by atoms with Crippen molar-refractivity contribution < 1.29 is 28.0 Å². The summed E-state index contributed by atoms with van der Waals surface area (Å²) in [6.07, 6.45) is 4.59. The van der Waals surface area contributed by atoms with Gasteiger partial charge in [0, 0.05) is 18.1 Å². The van der Waals surface area contributed by atoms with Crippen LogP contribution < -0.4 is 10.6 Å². The zero-order valence-corrected chi connectivity index (χ0v) is 17.4. The Morgan fingerprint density at radius 1 is 1.13 bits per heavy atom. The van der Waals surface area contributed by atoms with Crippen molar-refractivity contribution in [2.75, 3.05) is 5.32 Å². The number of rotatable bonds is 8. The van der Waals surface area contributed by atoms with Gasteiger partial charge in [-0.3, -0.25) is 9.59 Å². The molecule has 0 bridgehead atoms. The first-order valence-electron chi connectivity index (χ1n) is 10.6. The molecule has 0 spiro atoms. The summed E-state index contributed by atoms with van der Waals surface area (Å²) in [5, 5.41) is 19.1. The highest BCUT2D eigenvalue weighted by Crippen LogP contribution is 2.33. The van der Waals surface area contributed by atoms with E-state index in [0.29, 0.717) is 24.8 Å². The monoisotopic (exact) mass is 435 g/mol. The Labute approximate surface area is 179 Å². The van der Waals surface area contributed by atoms with Crippen molar-refractivity contribution in [2.24, 2.45) is 0 Å². The molecule has 0 radical (unpaired) electrons. The van der Waals surface area contributed by atoms with Gasteiger partial charge in [0.1, 0.15) is 23.4 Å². The number of benzene rings is 1. The average molecular weight is 435 g/mol. The summed E-state index contributed by atoms with van der Waals surface area (Å²) in [7, 11) is 0. The number of aliphatic hydroxyl groups is 1. The lowest BCUT2D eigenvalue weighted by atomic mass is 9.87. The third-order valence-electron chi connectivity index (χ3n) is 5.45. The molecule has 0 saturated heterocycles. The Kier molecular flexibility index (Phi) is 7.73. The third-order valence-corrected chi connectivity index (χ3v) is 5.45. The Morgan fingerprint density at radius 2 is 1.81 bits per heavy atom. The number of nitrogens with zero attached hydrogens (tertiary/aromatic N) is 1. The first-order chi connectivity index (χ1) is 14.9. The van der Waals surface area contributed by atoms with Crippen molar-refractivity contribution in [2.45, 2.75) is 69.9 Å². The largest absolute Gasteiger partial charge is 0.378 e. The molecule has 1 fully saturated rings. The zero-order chi connectivity index (χ0) is 22.4. The van der Waals surface area contributed by atoms with Crippen LogP contribution in [0.15, 0.2) is 28.8 Å². The molecule has 0 aliphatic heterocycles. The maximum absolute atomic E-state index is 13.4. The predicted molar refractivity (Wildman–Crippen MR) is 109 cm³/mol. The van der Waals surface area contributed by atoms with Crippen molar-refractivity contribution in [3.05, 3.63) is 47.2 Å². The van der Waals surface area contributed by atoms with Crippen molar-refractivity contribution in [3.8, 4) is 0 Å². The van der Waals surface area contributed by atoms with Crippen LogP contribution in [0.3, 0.4) is 0 Å². The molecule has 2 amide bonds. The van der Waals surface area contributed by atoms with E-state index in [2.05, 4.69) is 15.8 Å². The number of carbonyl (C=O) groups excluding carboxylic acids is 2. The van der Waals surface area contributed by atoms with Gasteiger partial charge < -0.3 is 20.3 Å². The van der Waals surface area contributed by atoms with Crippen molar-refractivity contribution in [1.29, 1.82) is 0 Å². The van der Waals surface area contributed by atoms with Gasteiger partial charge >= 0.3 is 0 Å². The van der Waals surface area contributed by atoms with Crippen LogP contribution in [0.4, 0.5) is 14.6 Å². The van der Waals surface area contributed by atoms with E-state index >= 15 is 0 Å². The molecule has 2 unspecified atom stereocenters. The van der Waals surface area contributed by atoms with E-state index < -0.39 is 35.6 Å². The molecule has 1 aliphatic rings. The second kappa shape index (κ2) is 10.5. The third kappa shape index (κ3) is 6.10. The molecule has 2 atom stereocenters. The van der Waals surface area contributed by atoms with Gasteiger partial charge in [-0.15, -0.1) is 0 Å². The first-order valence-corrected chi connectivity index (χ1v) is 10.6. The molecule has 1 heterocycles. The van der Waals surface area contributed by atoms with E-state index in [4.69, 9.17) is 4.52 Å². The van der Waals surface area contributed by atoms with Gasteiger partial charge in [0.25, 0.3) is 5.91 Å². The second-order valence-electron chi connectivity index (χ2n) is 7.89. The smallest absolute Gasteiger partial charge is 0.254 e. The summed E-state index contributed by atoms with van der Waals surface area (Å²) in [6, 6.07) is 3.11. The van der Waals surface area contributed by atoms with Crippen LogP contribution in [0, 0.1) is 11.6 Å². The molecule has 1 aliphatic carbocycles. The number of carbonyl (C=O) groups is 2. The maximum Gasteiger partial charge on any atom is 0.254 e. The standard InChI is InChI=1S/C22H27F2N3O4/c1-2-6-17(25-22(30)20(28)14-9-15(23)11-16(24)10-14)21(29)26-19-12-18(31-27-19)13-7-4-3-5-8-13/h9-13,17,20,28H,2-8H2,1H3,(H,25,30)(H,26,27,29). The molecule has 1 saturated carbocycles. The number of aliphatic hydroxyl groups excluding tert-OH is 1. The number of nitrogens with one attached hydrogen (secondary N) is 2. The Morgan fingerprint density at radius 3 is 2.45 bits per heavy atom. The minimum absolute atomic E-state index is 0.237. The summed E-state index contributed by atoms with van der Waals surface area (Å²) in [6.45, 7) is 1.84. The fraction of sp³-hybridized carbons (Fsp3) is 0.500. The molecular formula is C22H27F2N3O4. The van der Waals surface area contributed by atoms with Crippen molar-refractivity contribution >= 4 is 17.6 Å². The van der Waals surface area contributed by atoms with Crippen LogP contribution in [0.1, 0.15) is 75.2 Å². The van der Waals surface area contributed by atoms with Crippen LogP contribution in [0.2, 0.25) is 0 Å². The molecule has 7 nitrogen and oxygen atoms in total. The molecule has 9 heteroatoms. The minimum Gasteiger partial charge on any atom is -0.378 e. The highest BCUT2D eigenvalue weighted by atomic mass is 19.1. The van der Waals surface area contributed by atoms with Gasteiger partial charge in [0.15, 0.2) is 11.9 Å². The number of hydrogen-bond donors (Lipinski definition) is 3. The fourth-order valence-electron chi connectivity index (χ4n) is 3.83. The van der Waals surface area contributed by atoms with Crippen LogP contribution in [0.25, 0.3) is 0 Å². The van der Waals surface area contributed by atoms with E-state index in [1.807, 2.05) is 6.92 Å². The lowest BCUT2D eigenvalue weighted by molar-refractivity contribution is -0.133. The molecule has 1 aromatic carbocycles. The zero-order valence-electron chi connectivity index (χ0n) is 17.4. The highest BCUT2D eigenvalue weighted by Gasteiger charge is 2.27. The van der Waals surface area contributed by atoms with E-state index in [9.17, 15) is 23.5 Å². The van der Waals surface area contributed by atoms with Crippen LogP contribution in [-0.2, 0) is 9.59 Å². The van der Waals surface area contributed by atoms with Crippen molar-refractivity contribution in [3.63, 3.8) is 0 Å². The molecule has 2 aromatic rings. The predicted octanol–water partition coefficient (Wildman–Crippen LogP) is 3.96. The van der Waals surface area contributed by atoms with Crippen LogP contribution in [0.5, 0.6) is 0 Å². The highest BCUT2D eigenvalue weighted by molar-refractivity contribution is 5.97. The minimum atomic E-state index is -1.82. The van der Waals surface area contributed by atoms with E-state index in [1.54, 1.807) is 6.07 Å². The van der Waals surface area contributed by atoms with Crippen LogP contribution >= 0.6 is 0 Å². The van der Waals surface area contributed by atoms with Crippen molar-refractivity contribution in [1.82, 2.24) is 10.5 Å². The topological polar surface area (TPSA) is 104 Å². The van der Waals surface area contributed by atoms with E-state index in [1.165, 1.54) is 6.42 Å². The number of halogens is 2. The molecule has 3 rings (SSSR count). The Balaban J connectivity index is 1.63. The normalized spacial score (nSPS) is 16.5. The second-order valence-corrected chi connectivity index (χ2v) is 7.89. The molecular weight excluding hydrogens is 408 g/mol. The summed E-state index contributed by atoms with van der Waals surface area (Å²) in [5.41, 5.74) is -0.237. The van der Waals surface area contributed by atoms with Gasteiger partial charge in [0.2, 0.25) is 5.91 Å².